The normalized spacial score (nSPS) is 30.7. The summed E-state index contributed by atoms with van der Waals surface area (Å²) >= 11 is 0. The largest absolute Gasteiger partial charge is 0.457 e. The maximum absolute atomic E-state index is 12.1. The molecule has 0 aromatic heterocycles. The lowest BCUT2D eigenvalue weighted by molar-refractivity contribution is -0.148. The highest BCUT2D eigenvalue weighted by Crippen LogP contribution is 2.41. The van der Waals surface area contributed by atoms with Gasteiger partial charge in [-0.15, -0.1) is 0 Å². The van der Waals surface area contributed by atoms with Crippen LogP contribution in [0.5, 0.6) is 0 Å². The molecule has 5 nitrogen and oxygen atoms in total. The average Bonchev–Trinajstić information content (AvgIpc) is 2.86. The molecule has 0 aromatic rings. The summed E-state index contributed by atoms with van der Waals surface area (Å²) in [6.07, 6.45) is -0.433. The summed E-state index contributed by atoms with van der Waals surface area (Å²) in [6.45, 7) is 22.8. The van der Waals surface area contributed by atoms with Gasteiger partial charge in [0.25, 0.3) is 0 Å². The molecule has 0 amide bonds. The summed E-state index contributed by atoms with van der Waals surface area (Å²) in [6, 6.07) is -0.335. The van der Waals surface area contributed by atoms with Gasteiger partial charge in [-0.05, 0) is 36.3 Å². The number of hydrogen-bond donors (Lipinski definition) is 1. The van der Waals surface area contributed by atoms with Gasteiger partial charge in [0.1, 0.15) is 18.2 Å². The fourth-order valence-corrected chi connectivity index (χ4v) is 5.04. The van der Waals surface area contributed by atoms with Gasteiger partial charge in [0.15, 0.2) is 16.6 Å². The molecule has 2 aliphatic heterocycles. The molecular weight excluding hydrogens is 350 g/mol. The second-order valence-corrected chi connectivity index (χ2v) is 20.1. The number of ether oxygens (including phenoxy) is 1. The molecule has 25 heavy (non-hydrogen) atoms. The third-order valence-corrected chi connectivity index (χ3v) is 15.6. The Balaban J connectivity index is 2.06. The molecule has 2 bridgehead atoms. The van der Waals surface area contributed by atoms with E-state index in [1.807, 2.05) is 0 Å². The second-order valence-electron chi connectivity index (χ2n) is 10.6. The van der Waals surface area contributed by atoms with E-state index >= 15 is 0 Å². The van der Waals surface area contributed by atoms with E-state index in [4.69, 9.17) is 13.6 Å². The minimum Gasteiger partial charge on any atom is -0.457 e. The topological polar surface area (TPSA) is 56.8 Å². The number of fused-ring (bicyclic) bond motifs is 2. The third kappa shape index (κ3) is 4.05. The number of esters is 1. The van der Waals surface area contributed by atoms with Gasteiger partial charge in [-0.25, -0.2) is 0 Å². The van der Waals surface area contributed by atoms with Gasteiger partial charge in [0.05, 0.1) is 12.6 Å². The van der Waals surface area contributed by atoms with Crippen LogP contribution in [0.15, 0.2) is 0 Å². The van der Waals surface area contributed by atoms with Crippen molar-refractivity contribution in [2.24, 2.45) is 0 Å². The Bertz CT molecular complexity index is 522. The SMILES string of the molecule is CC(C)(C)[Si](C)(C)OC[C@@H]1N[C@@H]2C(=O)O[C@H]1[C@@H]2O[Si](C)(C)C(C)(C)C. The number of carbonyl (C=O) groups is 1. The summed E-state index contributed by atoms with van der Waals surface area (Å²) in [7, 11) is -3.79. The first-order valence-corrected chi connectivity index (χ1v) is 15.2. The highest BCUT2D eigenvalue weighted by Gasteiger charge is 2.58. The van der Waals surface area contributed by atoms with Crippen LogP contribution in [-0.4, -0.2) is 53.5 Å². The van der Waals surface area contributed by atoms with Crippen molar-refractivity contribution >= 4 is 22.6 Å². The smallest absolute Gasteiger partial charge is 0.326 e. The van der Waals surface area contributed by atoms with Gasteiger partial charge < -0.3 is 13.6 Å². The molecule has 2 rings (SSSR count). The quantitative estimate of drug-likeness (QED) is 0.576. The molecule has 0 aromatic carbocycles. The van der Waals surface area contributed by atoms with E-state index < -0.39 is 16.6 Å². The maximum atomic E-state index is 12.1. The van der Waals surface area contributed by atoms with Crippen molar-refractivity contribution in [3.63, 3.8) is 0 Å². The number of rotatable bonds is 5. The van der Waals surface area contributed by atoms with Crippen LogP contribution in [0.4, 0.5) is 0 Å². The van der Waals surface area contributed by atoms with Gasteiger partial charge in [0.2, 0.25) is 0 Å². The molecule has 0 aliphatic carbocycles. The Kier molecular flexibility index (Phi) is 5.43. The number of hydrogen-bond acceptors (Lipinski definition) is 5. The van der Waals surface area contributed by atoms with Gasteiger partial charge in [-0.1, -0.05) is 41.5 Å². The first-order chi connectivity index (χ1) is 11.1. The van der Waals surface area contributed by atoms with Crippen molar-refractivity contribution in [2.75, 3.05) is 6.61 Å². The molecule has 2 aliphatic rings. The van der Waals surface area contributed by atoms with E-state index in [9.17, 15) is 4.79 Å². The lowest BCUT2D eigenvalue weighted by atomic mass is 10.1. The zero-order valence-corrected chi connectivity index (χ0v) is 19.6. The fourth-order valence-electron chi connectivity index (χ4n) is 2.71. The molecule has 4 atom stereocenters. The average molecular weight is 388 g/mol. The molecule has 2 saturated heterocycles. The molecule has 0 saturated carbocycles. The van der Waals surface area contributed by atoms with Crippen LogP contribution in [0, 0.1) is 0 Å². The Morgan fingerprint density at radius 2 is 1.52 bits per heavy atom. The van der Waals surface area contributed by atoms with Crippen molar-refractivity contribution < 1.29 is 18.4 Å². The minimum atomic E-state index is -1.97. The lowest BCUT2D eigenvalue weighted by Gasteiger charge is -2.39. The zero-order chi connectivity index (χ0) is 19.4. The Labute approximate surface area is 155 Å². The summed E-state index contributed by atoms with van der Waals surface area (Å²) in [5.74, 6) is -0.183. The van der Waals surface area contributed by atoms with E-state index in [0.717, 1.165) is 0 Å². The van der Waals surface area contributed by atoms with Crippen molar-refractivity contribution in [1.82, 2.24) is 5.32 Å². The van der Waals surface area contributed by atoms with Crippen molar-refractivity contribution in [3.05, 3.63) is 0 Å². The van der Waals surface area contributed by atoms with Crippen LogP contribution in [-0.2, 0) is 18.4 Å². The molecule has 2 heterocycles. The zero-order valence-electron chi connectivity index (χ0n) is 17.6. The first kappa shape index (κ1) is 21.1. The molecule has 0 unspecified atom stereocenters. The maximum Gasteiger partial charge on any atom is 0.326 e. The van der Waals surface area contributed by atoms with Crippen molar-refractivity contribution in [2.45, 2.75) is 102 Å². The number of morpholine rings is 1. The molecule has 7 heteroatoms. The molecule has 0 spiro atoms. The summed E-state index contributed by atoms with van der Waals surface area (Å²) in [5.41, 5.74) is 0. The van der Waals surface area contributed by atoms with Gasteiger partial charge >= 0.3 is 5.97 Å². The predicted molar refractivity (Wildman–Crippen MR) is 106 cm³/mol. The van der Waals surface area contributed by atoms with E-state index in [1.54, 1.807) is 0 Å². The van der Waals surface area contributed by atoms with Crippen LogP contribution in [0.25, 0.3) is 0 Å². The van der Waals surface area contributed by atoms with Crippen molar-refractivity contribution in [3.8, 4) is 0 Å². The Morgan fingerprint density at radius 1 is 1.00 bits per heavy atom. The molecule has 0 radical (unpaired) electrons. The summed E-state index contributed by atoms with van der Waals surface area (Å²) in [5, 5.41) is 3.68. The highest BCUT2D eigenvalue weighted by molar-refractivity contribution is 6.74. The van der Waals surface area contributed by atoms with Gasteiger partial charge in [-0.2, -0.15) is 0 Å². The Hall–Kier alpha value is -0.216. The van der Waals surface area contributed by atoms with Crippen LogP contribution in [0.3, 0.4) is 0 Å². The van der Waals surface area contributed by atoms with E-state index in [2.05, 4.69) is 73.0 Å². The van der Waals surface area contributed by atoms with Crippen LogP contribution < -0.4 is 5.32 Å². The highest BCUT2D eigenvalue weighted by atomic mass is 28.4. The lowest BCUT2D eigenvalue weighted by Crippen LogP contribution is -2.50. The molecule has 2 fully saturated rings. The van der Waals surface area contributed by atoms with Crippen LogP contribution in [0.2, 0.25) is 36.3 Å². The third-order valence-electron chi connectivity index (χ3n) is 6.62. The van der Waals surface area contributed by atoms with Crippen molar-refractivity contribution in [1.29, 1.82) is 0 Å². The van der Waals surface area contributed by atoms with Gasteiger partial charge in [0, 0.05) is 0 Å². The monoisotopic (exact) mass is 387 g/mol. The van der Waals surface area contributed by atoms with E-state index in [0.29, 0.717) is 6.61 Å². The predicted octanol–water partition coefficient (Wildman–Crippen LogP) is 3.66. The van der Waals surface area contributed by atoms with Gasteiger partial charge in [-0.3, -0.25) is 10.1 Å². The van der Waals surface area contributed by atoms with Crippen LogP contribution >= 0.6 is 0 Å². The standard InChI is InChI=1S/C18H37NO4Si2/c1-17(2,3)24(7,8)21-11-12-14-15(13(19-12)16(20)22-14)23-25(9,10)18(4,5)6/h12-15,19H,11H2,1-10H3/t12-,13-,14+,15+/m0/s1. The molecule has 1 N–H and O–H groups in total. The Morgan fingerprint density at radius 3 is 2.00 bits per heavy atom. The molecular formula is C18H37NO4Si2. The first-order valence-electron chi connectivity index (χ1n) is 9.35. The number of carbonyl (C=O) groups excluding carboxylic acids is 1. The van der Waals surface area contributed by atoms with E-state index in [-0.39, 0.29) is 40.3 Å². The van der Waals surface area contributed by atoms with E-state index in [1.165, 1.54) is 0 Å². The van der Waals surface area contributed by atoms with Crippen LogP contribution in [0.1, 0.15) is 41.5 Å². The summed E-state index contributed by atoms with van der Waals surface area (Å²) in [4.78, 5) is 12.1. The minimum absolute atomic E-state index is 0.0200. The number of nitrogens with one attached hydrogen (secondary N) is 1. The fraction of sp³-hybridized carbons (Fsp3) is 0.944. The summed E-state index contributed by atoms with van der Waals surface area (Å²) < 4.78 is 18.5. The second kappa shape index (κ2) is 6.44. The molecule has 146 valence electrons.